The number of methoxy groups -OCH3 is 1. The summed E-state index contributed by atoms with van der Waals surface area (Å²) in [6.07, 6.45) is 0. The molecule has 0 atom stereocenters. The van der Waals surface area contributed by atoms with E-state index in [4.69, 9.17) is 15.2 Å². The van der Waals surface area contributed by atoms with Crippen LogP contribution in [0.15, 0.2) is 23.8 Å². The van der Waals surface area contributed by atoms with Gasteiger partial charge in [-0.25, -0.2) is 0 Å². The first-order valence-corrected chi connectivity index (χ1v) is 4.96. The zero-order valence-electron chi connectivity index (χ0n) is 9.04. The van der Waals surface area contributed by atoms with Crippen molar-refractivity contribution in [3.8, 4) is 11.5 Å². The zero-order chi connectivity index (χ0) is 10.8. The molecule has 0 fully saturated rings. The number of hydrogen-bond acceptors (Lipinski definition) is 3. The molecule has 1 aliphatic rings. The van der Waals surface area contributed by atoms with Crippen LogP contribution in [0.5, 0.6) is 11.5 Å². The summed E-state index contributed by atoms with van der Waals surface area (Å²) < 4.78 is 10.8. The van der Waals surface area contributed by atoms with Gasteiger partial charge in [0, 0.05) is 12.1 Å². The summed E-state index contributed by atoms with van der Waals surface area (Å²) in [5.41, 5.74) is 9.09. The minimum atomic E-state index is 0.544. The van der Waals surface area contributed by atoms with E-state index in [9.17, 15) is 0 Å². The van der Waals surface area contributed by atoms with Gasteiger partial charge < -0.3 is 15.2 Å². The Hall–Kier alpha value is -1.48. The van der Waals surface area contributed by atoms with E-state index in [1.54, 1.807) is 7.11 Å². The SMILES string of the molecule is COc1ccc2c(c1)C(C)=C(CN)CO2. The molecule has 1 aromatic rings. The first-order chi connectivity index (χ1) is 7.26. The average Bonchev–Trinajstić information content (AvgIpc) is 2.29. The molecule has 3 nitrogen and oxygen atoms in total. The molecule has 2 N–H and O–H groups in total. The molecule has 0 unspecified atom stereocenters. The van der Waals surface area contributed by atoms with Crippen LogP contribution < -0.4 is 15.2 Å². The Labute approximate surface area is 89.5 Å². The molecule has 1 heterocycles. The lowest BCUT2D eigenvalue weighted by Crippen LogP contribution is -2.17. The summed E-state index contributed by atoms with van der Waals surface area (Å²) in [5.74, 6) is 1.75. The molecule has 3 heteroatoms. The lowest BCUT2D eigenvalue weighted by atomic mass is 9.98. The normalized spacial score (nSPS) is 14.6. The van der Waals surface area contributed by atoms with Gasteiger partial charge in [-0.1, -0.05) is 0 Å². The Bertz CT molecular complexity index is 410. The minimum Gasteiger partial charge on any atom is -0.497 e. The molecule has 1 aromatic carbocycles. The smallest absolute Gasteiger partial charge is 0.127 e. The fraction of sp³-hybridized carbons (Fsp3) is 0.333. The second kappa shape index (κ2) is 3.95. The summed E-state index contributed by atoms with van der Waals surface area (Å²) >= 11 is 0. The molecular weight excluding hydrogens is 190 g/mol. The van der Waals surface area contributed by atoms with Crippen LogP contribution >= 0.6 is 0 Å². The largest absolute Gasteiger partial charge is 0.497 e. The van der Waals surface area contributed by atoms with E-state index < -0.39 is 0 Å². The first-order valence-electron chi connectivity index (χ1n) is 4.96. The third-order valence-electron chi connectivity index (χ3n) is 2.77. The van der Waals surface area contributed by atoms with Crippen molar-refractivity contribution in [3.05, 3.63) is 29.3 Å². The van der Waals surface area contributed by atoms with Gasteiger partial charge >= 0.3 is 0 Å². The third-order valence-corrected chi connectivity index (χ3v) is 2.77. The highest BCUT2D eigenvalue weighted by Gasteiger charge is 2.16. The Kier molecular flexibility index (Phi) is 2.64. The summed E-state index contributed by atoms with van der Waals surface area (Å²) in [7, 11) is 1.66. The Morgan fingerprint density at radius 1 is 1.47 bits per heavy atom. The zero-order valence-corrected chi connectivity index (χ0v) is 9.04. The highest BCUT2D eigenvalue weighted by Crippen LogP contribution is 2.34. The van der Waals surface area contributed by atoms with E-state index in [1.807, 2.05) is 18.2 Å². The standard InChI is InChI=1S/C12H15NO2/c1-8-9(6-13)7-15-12-4-3-10(14-2)5-11(8)12/h3-5H,6-7,13H2,1-2H3. The quantitative estimate of drug-likeness (QED) is 0.801. The summed E-state index contributed by atoms with van der Waals surface area (Å²) in [6.45, 7) is 3.22. The van der Waals surface area contributed by atoms with Crippen LogP contribution in [0.4, 0.5) is 0 Å². The number of rotatable bonds is 2. The van der Waals surface area contributed by atoms with Crippen LogP contribution in [0, 0.1) is 0 Å². The maximum atomic E-state index is 5.65. The molecule has 15 heavy (non-hydrogen) atoms. The summed E-state index contributed by atoms with van der Waals surface area (Å²) in [4.78, 5) is 0. The molecule has 80 valence electrons. The lowest BCUT2D eigenvalue weighted by molar-refractivity contribution is 0.342. The first kappa shape index (κ1) is 10.1. The van der Waals surface area contributed by atoms with Gasteiger partial charge in [0.2, 0.25) is 0 Å². The molecule has 2 rings (SSSR count). The predicted molar refractivity (Wildman–Crippen MR) is 60.1 cm³/mol. The fourth-order valence-corrected chi connectivity index (χ4v) is 1.73. The van der Waals surface area contributed by atoms with Crippen LogP contribution in [0.1, 0.15) is 12.5 Å². The van der Waals surface area contributed by atoms with Crippen molar-refractivity contribution >= 4 is 5.57 Å². The van der Waals surface area contributed by atoms with E-state index >= 15 is 0 Å². The molecule has 0 spiro atoms. The van der Waals surface area contributed by atoms with Gasteiger partial charge in [-0.2, -0.15) is 0 Å². The van der Waals surface area contributed by atoms with Crippen molar-refractivity contribution in [1.82, 2.24) is 0 Å². The van der Waals surface area contributed by atoms with E-state index in [-0.39, 0.29) is 0 Å². The maximum absolute atomic E-state index is 5.65. The second-order valence-corrected chi connectivity index (χ2v) is 3.58. The molecule has 0 aliphatic carbocycles. The highest BCUT2D eigenvalue weighted by molar-refractivity contribution is 5.74. The van der Waals surface area contributed by atoms with Crippen molar-refractivity contribution < 1.29 is 9.47 Å². The number of fused-ring (bicyclic) bond motifs is 1. The number of nitrogens with two attached hydrogens (primary N) is 1. The second-order valence-electron chi connectivity index (χ2n) is 3.58. The van der Waals surface area contributed by atoms with E-state index in [2.05, 4.69) is 6.92 Å². The van der Waals surface area contributed by atoms with Crippen LogP contribution in [-0.4, -0.2) is 20.3 Å². The van der Waals surface area contributed by atoms with E-state index in [0.717, 1.165) is 22.6 Å². The van der Waals surface area contributed by atoms with Gasteiger partial charge in [-0.3, -0.25) is 0 Å². The predicted octanol–water partition coefficient (Wildman–Crippen LogP) is 1.82. The van der Waals surface area contributed by atoms with Gasteiger partial charge in [-0.05, 0) is 36.3 Å². The fourth-order valence-electron chi connectivity index (χ4n) is 1.73. The third kappa shape index (κ3) is 1.70. The minimum absolute atomic E-state index is 0.544. The molecule has 1 aliphatic heterocycles. The molecule has 0 aromatic heterocycles. The lowest BCUT2D eigenvalue weighted by Gasteiger charge is -2.21. The Balaban J connectivity index is 2.50. The van der Waals surface area contributed by atoms with E-state index in [1.165, 1.54) is 5.57 Å². The van der Waals surface area contributed by atoms with Gasteiger partial charge in [0.1, 0.15) is 18.1 Å². The van der Waals surface area contributed by atoms with Crippen LogP contribution in [0.3, 0.4) is 0 Å². The molecule has 0 bridgehead atoms. The highest BCUT2D eigenvalue weighted by atomic mass is 16.5. The van der Waals surface area contributed by atoms with Crippen molar-refractivity contribution in [2.24, 2.45) is 5.73 Å². The van der Waals surface area contributed by atoms with Crippen LogP contribution in [0.2, 0.25) is 0 Å². The van der Waals surface area contributed by atoms with Gasteiger partial charge in [-0.15, -0.1) is 0 Å². The van der Waals surface area contributed by atoms with Crippen LogP contribution in [-0.2, 0) is 0 Å². The summed E-state index contributed by atoms with van der Waals surface area (Å²) in [5, 5.41) is 0. The number of ether oxygens (including phenoxy) is 2. The number of allylic oxidation sites excluding steroid dienone is 1. The molecule has 0 amide bonds. The Morgan fingerprint density at radius 2 is 2.27 bits per heavy atom. The molecule has 0 radical (unpaired) electrons. The van der Waals surface area contributed by atoms with E-state index in [0.29, 0.717) is 13.2 Å². The van der Waals surface area contributed by atoms with Crippen molar-refractivity contribution in [2.45, 2.75) is 6.92 Å². The Morgan fingerprint density at radius 3 is 2.93 bits per heavy atom. The molecule has 0 saturated heterocycles. The number of hydrogen-bond donors (Lipinski definition) is 1. The van der Waals surface area contributed by atoms with Gasteiger partial charge in [0.15, 0.2) is 0 Å². The monoisotopic (exact) mass is 205 g/mol. The van der Waals surface area contributed by atoms with Gasteiger partial charge in [0.05, 0.1) is 7.11 Å². The average molecular weight is 205 g/mol. The van der Waals surface area contributed by atoms with Crippen molar-refractivity contribution in [2.75, 3.05) is 20.3 Å². The van der Waals surface area contributed by atoms with Gasteiger partial charge in [0.25, 0.3) is 0 Å². The maximum Gasteiger partial charge on any atom is 0.127 e. The molecular formula is C12H15NO2. The molecule has 0 saturated carbocycles. The van der Waals surface area contributed by atoms with Crippen molar-refractivity contribution in [1.29, 1.82) is 0 Å². The topological polar surface area (TPSA) is 44.5 Å². The van der Waals surface area contributed by atoms with Crippen molar-refractivity contribution in [3.63, 3.8) is 0 Å². The number of benzene rings is 1. The van der Waals surface area contributed by atoms with Crippen LogP contribution in [0.25, 0.3) is 5.57 Å². The summed E-state index contributed by atoms with van der Waals surface area (Å²) in [6, 6.07) is 5.82.